The Labute approximate surface area is 170 Å². The highest BCUT2D eigenvalue weighted by molar-refractivity contribution is 6.30. The van der Waals surface area contributed by atoms with Gasteiger partial charge in [-0.05, 0) is 24.6 Å². The molecule has 0 bridgehead atoms. The van der Waals surface area contributed by atoms with Gasteiger partial charge in [0.05, 0.1) is 6.20 Å². The van der Waals surface area contributed by atoms with E-state index < -0.39 is 0 Å². The summed E-state index contributed by atoms with van der Waals surface area (Å²) in [4.78, 5) is 16.6. The fourth-order valence-electron chi connectivity index (χ4n) is 2.91. The van der Waals surface area contributed by atoms with Gasteiger partial charge in [-0.3, -0.25) is 4.79 Å². The molecule has 0 unspecified atom stereocenters. The second kappa shape index (κ2) is 8.61. The van der Waals surface area contributed by atoms with Gasteiger partial charge in [-0.25, -0.2) is 4.98 Å². The molecule has 0 fully saturated rings. The summed E-state index contributed by atoms with van der Waals surface area (Å²) >= 11 is 5.95. The van der Waals surface area contributed by atoms with Gasteiger partial charge in [0.15, 0.2) is 11.7 Å². The molecule has 3 rings (SSSR count). The molecule has 28 heavy (non-hydrogen) atoms. The van der Waals surface area contributed by atoms with Gasteiger partial charge < -0.3 is 9.73 Å². The number of hydrogen-bond acceptors (Lipinski definition) is 3. The number of oxazole rings is 1. The molecule has 0 saturated heterocycles. The smallest absolute Gasteiger partial charge is 0.220 e. The number of carbonyl (C=O) groups excluding carboxylic acids is 1. The van der Waals surface area contributed by atoms with Crippen molar-refractivity contribution in [2.45, 2.75) is 39.0 Å². The van der Waals surface area contributed by atoms with Crippen LogP contribution in [0, 0.1) is 6.92 Å². The zero-order valence-corrected chi connectivity index (χ0v) is 17.2. The summed E-state index contributed by atoms with van der Waals surface area (Å²) in [6.07, 6.45) is 2.52. The van der Waals surface area contributed by atoms with E-state index in [2.05, 4.69) is 24.1 Å². The first kappa shape index (κ1) is 20.2. The van der Waals surface area contributed by atoms with Crippen LogP contribution < -0.4 is 5.32 Å². The van der Waals surface area contributed by atoms with Crippen molar-refractivity contribution >= 4 is 17.5 Å². The van der Waals surface area contributed by atoms with E-state index in [1.165, 1.54) is 5.56 Å². The van der Waals surface area contributed by atoms with Crippen LogP contribution in [-0.4, -0.2) is 17.4 Å². The SMILES string of the molecule is Cc1ccc(-c2cnc(CCC(=O)NCC(C)(C)c3ccc(Cl)cc3)o2)cc1. The molecule has 0 atom stereocenters. The fraction of sp³-hybridized carbons (Fsp3) is 0.304. The molecule has 4 nitrogen and oxygen atoms in total. The number of nitrogens with zero attached hydrogens (tertiary/aromatic N) is 1. The van der Waals surface area contributed by atoms with Gasteiger partial charge in [-0.1, -0.05) is 67.4 Å². The minimum absolute atomic E-state index is 0.0166. The van der Waals surface area contributed by atoms with Crippen LogP contribution in [0.25, 0.3) is 11.3 Å². The van der Waals surface area contributed by atoms with Gasteiger partial charge in [0.25, 0.3) is 0 Å². The Morgan fingerprint density at radius 3 is 2.46 bits per heavy atom. The molecule has 0 aliphatic rings. The van der Waals surface area contributed by atoms with Gasteiger partial charge >= 0.3 is 0 Å². The summed E-state index contributed by atoms with van der Waals surface area (Å²) in [6, 6.07) is 15.8. The average Bonchev–Trinajstić information content (AvgIpc) is 3.15. The number of nitrogens with one attached hydrogen (secondary N) is 1. The van der Waals surface area contributed by atoms with E-state index in [-0.39, 0.29) is 11.3 Å². The van der Waals surface area contributed by atoms with Crippen LogP contribution in [-0.2, 0) is 16.6 Å². The van der Waals surface area contributed by atoms with Crippen molar-refractivity contribution in [1.82, 2.24) is 10.3 Å². The molecule has 0 aliphatic carbocycles. The van der Waals surface area contributed by atoms with E-state index in [0.29, 0.717) is 30.3 Å². The zero-order valence-electron chi connectivity index (χ0n) is 16.5. The Morgan fingerprint density at radius 2 is 1.79 bits per heavy atom. The van der Waals surface area contributed by atoms with Crippen molar-refractivity contribution in [2.24, 2.45) is 0 Å². The Morgan fingerprint density at radius 1 is 1.11 bits per heavy atom. The largest absolute Gasteiger partial charge is 0.441 e. The third kappa shape index (κ3) is 5.23. The molecule has 0 aliphatic heterocycles. The van der Waals surface area contributed by atoms with Crippen molar-refractivity contribution in [3.63, 3.8) is 0 Å². The lowest BCUT2D eigenvalue weighted by Crippen LogP contribution is -2.36. The molecule has 0 radical (unpaired) electrons. The van der Waals surface area contributed by atoms with Crippen molar-refractivity contribution in [3.05, 3.63) is 76.8 Å². The van der Waals surface area contributed by atoms with E-state index in [1.54, 1.807) is 6.20 Å². The maximum absolute atomic E-state index is 12.3. The maximum atomic E-state index is 12.3. The van der Waals surface area contributed by atoms with Crippen LogP contribution >= 0.6 is 11.6 Å². The molecule has 146 valence electrons. The first-order chi connectivity index (χ1) is 13.3. The highest BCUT2D eigenvalue weighted by Gasteiger charge is 2.21. The first-order valence-corrected chi connectivity index (χ1v) is 9.76. The third-order valence-electron chi connectivity index (χ3n) is 4.81. The molecule has 1 amide bonds. The number of rotatable bonds is 7. The van der Waals surface area contributed by atoms with Gasteiger partial charge in [0.1, 0.15) is 0 Å². The number of aromatic nitrogens is 1. The van der Waals surface area contributed by atoms with Crippen molar-refractivity contribution in [3.8, 4) is 11.3 Å². The Kier molecular flexibility index (Phi) is 6.20. The van der Waals surface area contributed by atoms with Gasteiger partial charge in [0, 0.05) is 35.4 Å². The topological polar surface area (TPSA) is 55.1 Å². The lowest BCUT2D eigenvalue weighted by atomic mass is 9.84. The van der Waals surface area contributed by atoms with Gasteiger partial charge in [-0.2, -0.15) is 0 Å². The molecule has 5 heteroatoms. The number of halogens is 1. The molecule has 2 aromatic carbocycles. The van der Waals surface area contributed by atoms with E-state index >= 15 is 0 Å². The van der Waals surface area contributed by atoms with Crippen molar-refractivity contribution < 1.29 is 9.21 Å². The van der Waals surface area contributed by atoms with Crippen LogP contribution in [0.5, 0.6) is 0 Å². The molecule has 3 aromatic rings. The summed E-state index contributed by atoms with van der Waals surface area (Å²) in [7, 11) is 0. The third-order valence-corrected chi connectivity index (χ3v) is 5.06. The Hall–Kier alpha value is -2.59. The zero-order chi connectivity index (χ0) is 20.1. The highest BCUT2D eigenvalue weighted by atomic mass is 35.5. The number of hydrogen-bond donors (Lipinski definition) is 1. The molecule has 0 spiro atoms. The number of aryl methyl sites for hydroxylation is 2. The van der Waals surface area contributed by atoms with Crippen LogP contribution in [0.2, 0.25) is 5.02 Å². The van der Waals surface area contributed by atoms with Crippen LogP contribution in [0.3, 0.4) is 0 Å². The second-order valence-corrected chi connectivity index (χ2v) is 8.09. The highest BCUT2D eigenvalue weighted by Crippen LogP contribution is 2.24. The molecule has 0 saturated carbocycles. The number of amides is 1. The van der Waals surface area contributed by atoms with Gasteiger partial charge in [0.2, 0.25) is 5.91 Å². The minimum Gasteiger partial charge on any atom is -0.441 e. The summed E-state index contributed by atoms with van der Waals surface area (Å²) < 4.78 is 5.78. The summed E-state index contributed by atoms with van der Waals surface area (Å²) in [5.74, 6) is 1.28. The summed E-state index contributed by atoms with van der Waals surface area (Å²) in [5, 5.41) is 3.72. The van der Waals surface area contributed by atoms with E-state index in [0.717, 1.165) is 16.9 Å². The number of carbonyl (C=O) groups is 1. The van der Waals surface area contributed by atoms with E-state index in [4.69, 9.17) is 16.0 Å². The Balaban J connectivity index is 1.50. The van der Waals surface area contributed by atoms with Crippen molar-refractivity contribution in [2.75, 3.05) is 6.54 Å². The fourth-order valence-corrected chi connectivity index (χ4v) is 3.03. The predicted molar refractivity (Wildman–Crippen MR) is 112 cm³/mol. The Bertz CT molecular complexity index is 928. The molecule has 1 N–H and O–H groups in total. The minimum atomic E-state index is -0.179. The monoisotopic (exact) mass is 396 g/mol. The van der Waals surface area contributed by atoms with Crippen LogP contribution in [0.15, 0.2) is 59.1 Å². The number of benzene rings is 2. The van der Waals surface area contributed by atoms with E-state index in [9.17, 15) is 4.79 Å². The quantitative estimate of drug-likeness (QED) is 0.587. The molecular formula is C23H25ClN2O2. The maximum Gasteiger partial charge on any atom is 0.220 e. The van der Waals surface area contributed by atoms with Crippen LogP contribution in [0.1, 0.15) is 37.3 Å². The van der Waals surface area contributed by atoms with Crippen molar-refractivity contribution in [1.29, 1.82) is 0 Å². The average molecular weight is 397 g/mol. The molecular weight excluding hydrogens is 372 g/mol. The lowest BCUT2D eigenvalue weighted by molar-refractivity contribution is -0.121. The standard InChI is InChI=1S/C23H25ClN2O2/c1-16-4-6-17(7-5-16)20-14-25-22(28-20)13-12-21(27)26-15-23(2,3)18-8-10-19(24)11-9-18/h4-11,14H,12-13,15H2,1-3H3,(H,26,27). The molecule has 1 aromatic heterocycles. The van der Waals surface area contributed by atoms with E-state index in [1.807, 2.05) is 55.5 Å². The molecule has 1 heterocycles. The van der Waals surface area contributed by atoms with Crippen LogP contribution in [0.4, 0.5) is 0 Å². The summed E-state index contributed by atoms with van der Waals surface area (Å²) in [6.45, 7) is 6.78. The van der Waals surface area contributed by atoms with Gasteiger partial charge in [-0.15, -0.1) is 0 Å². The first-order valence-electron chi connectivity index (χ1n) is 9.38. The predicted octanol–water partition coefficient (Wildman–Crippen LogP) is 5.33. The lowest BCUT2D eigenvalue weighted by Gasteiger charge is -2.25. The second-order valence-electron chi connectivity index (χ2n) is 7.65. The normalized spacial score (nSPS) is 11.4. The summed E-state index contributed by atoms with van der Waals surface area (Å²) in [5.41, 5.74) is 3.13.